The molecule has 0 aliphatic carbocycles. The van der Waals surface area contributed by atoms with Gasteiger partial charge >= 0.3 is 0 Å². The second-order valence-corrected chi connectivity index (χ2v) is 6.13. The topological polar surface area (TPSA) is 108 Å². The van der Waals surface area contributed by atoms with E-state index in [1.807, 2.05) is 0 Å². The van der Waals surface area contributed by atoms with Crippen molar-refractivity contribution in [3.05, 3.63) is 12.3 Å². The number of rotatable bonds is 6. The van der Waals surface area contributed by atoms with Crippen molar-refractivity contribution in [2.24, 2.45) is 5.73 Å². The van der Waals surface area contributed by atoms with Gasteiger partial charge in [-0.1, -0.05) is 34.9 Å². The van der Waals surface area contributed by atoms with Gasteiger partial charge in [0.25, 0.3) is 0 Å². The highest BCUT2D eigenvalue weighted by Gasteiger charge is 2.08. The summed E-state index contributed by atoms with van der Waals surface area (Å²) in [6.07, 6.45) is 1.28. The van der Waals surface area contributed by atoms with E-state index in [-0.39, 0.29) is 11.7 Å². The predicted octanol–water partition coefficient (Wildman–Crippen LogP) is 0.791. The first-order valence-corrected chi connectivity index (χ1v) is 7.15. The van der Waals surface area contributed by atoms with Gasteiger partial charge in [0, 0.05) is 0 Å². The molecule has 1 amide bonds. The lowest BCUT2D eigenvalue weighted by molar-refractivity contribution is -0.115. The fraction of sp³-hybridized carbons (Fsp3) is 0.286. The number of carbonyl (C=O) groups is 1. The van der Waals surface area contributed by atoms with Gasteiger partial charge < -0.3 is 10.2 Å². The van der Waals surface area contributed by atoms with Gasteiger partial charge in [0.2, 0.25) is 18.2 Å². The number of amides is 1. The minimum absolute atomic E-state index is 0.211. The second-order valence-electron chi connectivity index (χ2n) is 2.71. The number of aromatic nitrogens is 4. The Morgan fingerprint density at radius 1 is 1.35 bits per heavy atom. The molecule has 0 aliphatic heterocycles. The second kappa shape index (κ2) is 5.98. The van der Waals surface area contributed by atoms with E-state index in [0.29, 0.717) is 11.6 Å². The molecule has 90 valence electrons. The summed E-state index contributed by atoms with van der Waals surface area (Å²) >= 11 is 4.13. The number of hydrogen-bond acceptors (Lipinski definition) is 9. The Morgan fingerprint density at radius 3 is 2.76 bits per heavy atom. The van der Waals surface area contributed by atoms with Gasteiger partial charge in [-0.25, -0.2) is 0 Å². The Morgan fingerprint density at radius 2 is 2.12 bits per heavy atom. The van der Waals surface area contributed by atoms with Crippen LogP contribution in [0.3, 0.4) is 0 Å². The lowest BCUT2D eigenvalue weighted by atomic mass is 10.8. The highest BCUT2D eigenvalue weighted by molar-refractivity contribution is 8.03. The molecule has 10 heteroatoms. The quantitative estimate of drug-likeness (QED) is 0.778. The number of carbonyl (C=O) groups excluding carboxylic acids is 1. The minimum atomic E-state index is -0.370. The summed E-state index contributed by atoms with van der Waals surface area (Å²) < 4.78 is 6.49. The van der Waals surface area contributed by atoms with Crippen LogP contribution >= 0.6 is 34.9 Å². The van der Waals surface area contributed by atoms with Crippen LogP contribution in [-0.4, -0.2) is 32.1 Å². The standard InChI is InChI=1S/C7H7N5O2S3/c8-4(13)1-15-6-11-12-7(17-6)16-2-5-10-9-3-14-5/h3H,1-2H2,(H2,8,13). The van der Waals surface area contributed by atoms with Crippen molar-refractivity contribution in [1.29, 1.82) is 0 Å². The lowest BCUT2D eigenvalue weighted by Gasteiger charge is -1.90. The van der Waals surface area contributed by atoms with Crippen molar-refractivity contribution < 1.29 is 9.21 Å². The summed E-state index contributed by atoms with van der Waals surface area (Å²) in [5.74, 6) is 0.930. The van der Waals surface area contributed by atoms with Crippen molar-refractivity contribution in [2.45, 2.75) is 14.4 Å². The average molecular weight is 289 g/mol. The normalized spacial score (nSPS) is 10.6. The zero-order valence-corrected chi connectivity index (χ0v) is 10.8. The molecule has 0 atom stereocenters. The van der Waals surface area contributed by atoms with E-state index in [9.17, 15) is 4.79 Å². The number of primary amides is 1. The Labute approximate surface area is 109 Å². The van der Waals surface area contributed by atoms with Crippen molar-refractivity contribution in [1.82, 2.24) is 20.4 Å². The van der Waals surface area contributed by atoms with Gasteiger partial charge in [-0.15, -0.1) is 20.4 Å². The number of hydrogen-bond donors (Lipinski definition) is 1. The van der Waals surface area contributed by atoms with E-state index in [4.69, 9.17) is 10.2 Å². The maximum atomic E-state index is 10.6. The largest absolute Gasteiger partial charge is 0.427 e. The van der Waals surface area contributed by atoms with Crippen molar-refractivity contribution in [3.8, 4) is 0 Å². The van der Waals surface area contributed by atoms with Gasteiger partial charge in [0.05, 0.1) is 11.5 Å². The molecule has 0 unspecified atom stereocenters. The van der Waals surface area contributed by atoms with Gasteiger partial charge in [-0.05, 0) is 0 Å². The molecule has 0 radical (unpaired) electrons. The highest BCUT2D eigenvalue weighted by Crippen LogP contribution is 2.29. The third-order valence-electron chi connectivity index (χ3n) is 1.45. The van der Waals surface area contributed by atoms with E-state index < -0.39 is 0 Å². The van der Waals surface area contributed by atoms with Crippen LogP contribution in [-0.2, 0) is 10.5 Å². The third-order valence-corrected chi connectivity index (χ3v) is 4.65. The number of nitrogens with zero attached hydrogens (tertiary/aromatic N) is 4. The molecule has 0 saturated heterocycles. The molecule has 2 rings (SSSR count). The van der Waals surface area contributed by atoms with Crippen LogP contribution < -0.4 is 5.73 Å². The lowest BCUT2D eigenvalue weighted by Crippen LogP contribution is -2.12. The molecule has 0 bridgehead atoms. The van der Waals surface area contributed by atoms with Crippen LogP contribution in [0.2, 0.25) is 0 Å². The fourth-order valence-corrected chi connectivity index (χ4v) is 3.43. The van der Waals surface area contributed by atoms with Crippen LogP contribution in [0.1, 0.15) is 5.89 Å². The molecule has 0 aromatic carbocycles. The first-order chi connectivity index (χ1) is 8.24. The molecule has 17 heavy (non-hydrogen) atoms. The predicted molar refractivity (Wildman–Crippen MR) is 63.7 cm³/mol. The van der Waals surface area contributed by atoms with Crippen LogP contribution in [0.5, 0.6) is 0 Å². The van der Waals surface area contributed by atoms with Crippen LogP contribution in [0.4, 0.5) is 0 Å². The van der Waals surface area contributed by atoms with Gasteiger partial charge in [-0.2, -0.15) is 0 Å². The Hall–Kier alpha value is -1.13. The SMILES string of the molecule is NC(=O)CSc1nnc(SCc2nnco2)s1. The van der Waals surface area contributed by atoms with Crippen LogP contribution in [0, 0.1) is 0 Å². The van der Waals surface area contributed by atoms with Crippen LogP contribution in [0.25, 0.3) is 0 Å². The van der Waals surface area contributed by atoms with E-state index in [0.717, 1.165) is 8.68 Å². The molecular formula is C7H7N5O2S3. The van der Waals surface area contributed by atoms with Crippen molar-refractivity contribution in [3.63, 3.8) is 0 Å². The fourth-order valence-electron chi connectivity index (χ4n) is 0.829. The molecule has 0 fully saturated rings. The molecule has 2 aromatic heterocycles. The van der Waals surface area contributed by atoms with Gasteiger partial charge in [0.15, 0.2) is 8.68 Å². The molecule has 2 N–H and O–H groups in total. The molecule has 0 saturated carbocycles. The summed E-state index contributed by atoms with van der Waals surface area (Å²) in [6.45, 7) is 0. The van der Waals surface area contributed by atoms with Crippen molar-refractivity contribution in [2.75, 3.05) is 5.75 Å². The monoisotopic (exact) mass is 289 g/mol. The first-order valence-electron chi connectivity index (χ1n) is 4.36. The number of nitrogens with two attached hydrogens (primary N) is 1. The molecule has 0 aliphatic rings. The molecule has 0 spiro atoms. The highest BCUT2D eigenvalue weighted by atomic mass is 32.2. The summed E-state index contributed by atoms with van der Waals surface area (Å²) in [5, 5.41) is 15.2. The average Bonchev–Trinajstić information content (AvgIpc) is 2.95. The summed E-state index contributed by atoms with van der Waals surface area (Å²) in [5.41, 5.74) is 5.03. The van der Waals surface area contributed by atoms with E-state index in [2.05, 4.69) is 20.4 Å². The number of thioether (sulfide) groups is 2. The third kappa shape index (κ3) is 3.98. The minimum Gasteiger partial charge on any atom is -0.427 e. The van der Waals surface area contributed by atoms with E-state index in [1.165, 1.54) is 41.3 Å². The Kier molecular flexibility index (Phi) is 4.34. The van der Waals surface area contributed by atoms with Gasteiger partial charge in [0.1, 0.15) is 0 Å². The maximum Gasteiger partial charge on any atom is 0.227 e. The maximum absolute atomic E-state index is 10.6. The van der Waals surface area contributed by atoms with E-state index in [1.54, 1.807) is 0 Å². The smallest absolute Gasteiger partial charge is 0.227 e. The van der Waals surface area contributed by atoms with Crippen LogP contribution in [0.15, 0.2) is 19.5 Å². The molecule has 2 heterocycles. The summed E-state index contributed by atoms with van der Waals surface area (Å²) in [4.78, 5) is 10.6. The molecule has 7 nitrogen and oxygen atoms in total. The molecule has 2 aromatic rings. The Bertz CT molecular complexity index is 485. The zero-order valence-electron chi connectivity index (χ0n) is 8.40. The molecular weight excluding hydrogens is 282 g/mol. The van der Waals surface area contributed by atoms with E-state index >= 15 is 0 Å². The first kappa shape index (κ1) is 12.3. The summed E-state index contributed by atoms with van der Waals surface area (Å²) in [7, 11) is 0. The Balaban J connectivity index is 1.83. The van der Waals surface area contributed by atoms with Crippen molar-refractivity contribution >= 4 is 40.8 Å². The van der Waals surface area contributed by atoms with Gasteiger partial charge in [-0.3, -0.25) is 4.79 Å². The summed E-state index contributed by atoms with van der Waals surface area (Å²) in [6, 6.07) is 0. The zero-order chi connectivity index (χ0) is 12.1.